The van der Waals surface area contributed by atoms with Gasteiger partial charge in [0.25, 0.3) is 0 Å². The summed E-state index contributed by atoms with van der Waals surface area (Å²) >= 11 is -0.0809. The number of likely N-dealkylation sites (tertiary alicyclic amines) is 1. The first-order valence-electron chi connectivity index (χ1n) is 10.2. The second-order valence-corrected chi connectivity index (χ2v) is 10.7. The van der Waals surface area contributed by atoms with Gasteiger partial charge < -0.3 is 0 Å². The number of carbonyl (C=O) groups is 2. The molecule has 6 rings (SSSR count). The molecule has 2 aromatic carbocycles. The third-order valence-electron chi connectivity index (χ3n) is 7.14. The molecule has 3 aliphatic rings. The van der Waals surface area contributed by atoms with Gasteiger partial charge in [-0.05, 0) is 0 Å². The standard InChI is InChI=1S/C24H21NO4Se/c1-28-18-7-13-8-21(30-20(13)10-19(18)29-2)23(27)25-12-14-11-24(14)16-6-4-3-5-15(16)17(26)9-22(24)25/h3-8,10,14,22H,9,11-12H2,1-2H3/t14-,22?,24?/m1/s1. The fourth-order valence-electron chi connectivity index (χ4n) is 5.68. The first kappa shape index (κ1) is 18.2. The van der Waals surface area contributed by atoms with Crippen LogP contribution >= 0.6 is 0 Å². The van der Waals surface area contributed by atoms with E-state index in [1.807, 2.05) is 41.3 Å². The van der Waals surface area contributed by atoms with E-state index in [9.17, 15) is 9.59 Å². The van der Waals surface area contributed by atoms with Crippen LogP contribution in [0.3, 0.4) is 0 Å². The molecule has 0 radical (unpaired) electrons. The van der Waals surface area contributed by atoms with E-state index in [-0.39, 0.29) is 37.7 Å². The predicted molar refractivity (Wildman–Crippen MR) is 114 cm³/mol. The maximum absolute atomic E-state index is 13.6. The van der Waals surface area contributed by atoms with Crippen LogP contribution in [-0.4, -0.2) is 57.9 Å². The molecule has 0 N–H and O–H groups in total. The Kier molecular flexibility index (Phi) is 3.78. The molecule has 0 bridgehead atoms. The van der Waals surface area contributed by atoms with Gasteiger partial charge in [-0.3, -0.25) is 0 Å². The third kappa shape index (κ3) is 2.29. The van der Waals surface area contributed by atoms with E-state index in [0.717, 1.165) is 38.2 Å². The molecule has 3 atom stereocenters. The molecular weight excluding hydrogens is 445 g/mol. The van der Waals surface area contributed by atoms with Crippen LogP contribution in [0.25, 0.3) is 9.65 Å². The van der Waals surface area contributed by atoms with Crippen molar-refractivity contribution in [2.75, 3.05) is 20.8 Å². The number of rotatable bonds is 3. The maximum atomic E-state index is 13.6. The van der Waals surface area contributed by atoms with Gasteiger partial charge in [-0.25, -0.2) is 0 Å². The van der Waals surface area contributed by atoms with Crippen LogP contribution in [0.1, 0.15) is 38.0 Å². The first-order chi connectivity index (χ1) is 14.6. The van der Waals surface area contributed by atoms with Crippen molar-refractivity contribution in [2.24, 2.45) is 5.92 Å². The van der Waals surface area contributed by atoms with Gasteiger partial charge in [0.2, 0.25) is 0 Å². The van der Waals surface area contributed by atoms with Crippen LogP contribution in [0, 0.1) is 5.92 Å². The summed E-state index contributed by atoms with van der Waals surface area (Å²) in [6, 6.07) is 13.9. The summed E-state index contributed by atoms with van der Waals surface area (Å²) in [6.07, 6.45) is 1.53. The van der Waals surface area contributed by atoms with Crippen LogP contribution in [-0.2, 0) is 5.41 Å². The number of nitrogens with zero attached hydrogens (tertiary/aromatic N) is 1. The zero-order valence-electron chi connectivity index (χ0n) is 16.8. The molecule has 6 heteroatoms. The molecule has 5 nitrogen and oxygen atoms in total. The molecule has 1 amide bonds. The minimum atomic E-state index is -0.0809. The molecule has 3 aromatic rings. The predicted octanol–water partition coefficient (Wildman–Crippen LogP) is 3.28. The topological polar surface area (TPSA) is 55.8 Å². The molecule has 30 heavy (non-hydrogen) atoms. The number of ether oxygens (including phenoxy) is 2. The van der Waals surface area contributed by atoms with Gasteiger partial charge in [-0.1, -0.05) is 0 Å². The van der Waals surface area contributed by atoms with Crippen molar-refractivity contribution in [1.82, 2.24) is 4.90 Å². The van der Waals surface area contributed by atoms with Gasteiger partial charge in [0, 0.05) is 0 Å². The number of Topliss-reactive ketones (excluding diaryl/α,β-unsaturated/α-hetero) is 1. The van der Waals surface area contributed by atoms with E-state index in [1.165, 1.54) is 0 Å². The Morgan fingerprint density at radius 3 is 2.70 bits per heavy atom. The minimum absolute atomic E-state index is 0.00831. The molecule has 152 valence electrons. The van der Waals surface area contributed by atoms with Crippen LogP contribution in [0.4, 0.5) is 0 Å². The van der Waals surface area contributed by atoms with Crippen LogP contribution in [0.15, 0.2) is 42.5 Å². The van der Waals surface area contributed by atoms with Crippen LogP contribution in [0.5, 0.6) is 11.5 Å². The molecule has 1 spiro atoms. The Hall–Kier alpha value is -2.56. The number of fused-ring (bicyclic) bond motifs is 2. The van der Waals surface area contributed by atoms with E-state index < -0.39 is 0 Å². The summed E-state index contributed by atoms with van der Waals surface area (Å²) in [5, 5.41) is 1.03. The van der Waals surface area contributed by atoms with Crippen molar-refractivity contribution in [3.63, 3.8) is 0 Å². The van der Waals surface area contributed by atoms with Gasteiger partial charge in [-0.15, -0.1) is 0 Å². The van der Waals surface area contributed by atoms with Crippen molar-refractivity contribution < 1.29 is 19.1 Å². The Balaban J connectivity index is 1.37. The molecular formula is C24H21NO4Se. The Labute approximate surface area is 180 Å². The molecule has 1 saturated carbocycles. The van der Waals surface area contributed by atoms with E-state index in [2.05, 4.69) is 6.07 Å². The Morgan fingerprint density at radius 2 is 1.90 bits per heavy atom. The van der Waals surface area contributed by atoms with Crippen LogP contribution < -0.4 is 9.47 Å². The second-order valence-electron chi connectivity index (χ2n) is 8.44. The number of hydrogen-bond acceptors (Lipinski definition) is 4. The Bertz CT molecular complexity index is 1190. The van der Waals surface area contributed by atoms with Gasteiger partial charge >= 0.3 is 180 Å². The van der Waals surface area contributed by atoms with Gasteiger partial charge in [0.05, 0.1) is 0 Å². The summed E-state index contributed by atoms with van der Waals surface area (Å²) in [7, 11) is 3.24. The van der Waals surface area contributed by atoms with E-state index in [1.54, 1.807) is 14.2 Å². The van der Waals surface area contributed by atoms with E-state index >= 15 is 0 Å². The number of carbonyl (C=O) groups excluding carboxylic acids is 2. The summed E-state index contributed by atoms with van der Waals surface area (Å²) < 4.78 is 12.8. The average molecular weight is 466 g/mol. The summed E-state index contributed by atoms with van der Waals surface area (Å²) in [5.74, 6) is 2.09. The summed E-state index contributed by atoms with van der Waals surface area (Å²) in [5.41, 5.74) is 2.02. The summed E-state index contributed by atoms with van der Waals surface area (Å²) in [4.78, 5) is 28.4. The van der Waals surface area contributed by atoms with Crippen molar-refractivity contribution in [3.05, 3.63) is 58.0 Å². The average Bonchev–Trinajstić information content (AvgIpc) is 3.17. The third-order valence-corrected chi connectivity index (χ3v) is 9.42. The molecule has 1 aromatic heterocycles. The van der Waals surface area contributed by atoms with Gasteiger partial charge in [0.1, 0.15) is 0 Å². The number of methoxy groups -OCH3 is 2. The zero-order chi connectivity index (χ0) is 20.6. The van der Waals surface area contributed by atoms with Gasteiger partial charge in [-0.2, -0.15) is 0 Å². The number of hydrogen-bond donors (Lipinski definition) is 0. The van der Waals surface area contributed by atoms with Crippen molar-refractivity contribution in [2.45, 2.75) is 24.3 Å². The fraction of sp³-hybridized carbons (Fsp3) is 0.333. The van der Waals surface area contributed by atoms with Gasteiger partial charge in [0.15, 0.2) is 0 Å². The molecule has 2 fully saturated rings. The number of amides is 1. The van der Waals surface area contributed by atoms with Crippen LogP contribution in [0.2, 0.25) is 0 Å². The van der Waals surface area contributed by atoms with Crippen molar-refractivity contribution >= 4 is 35.8 Å². The molecule has 2 aliphatic carbocycles. The van der Waals surface area contributed by atoms with Crippen molar-refractivity contribution in [3.8, 4) is 11.5 Å². The Morgan fingerprint density at radius 1 is 1.13 bits per heavy atom. The fourth-order valence-corrected chi connectivity index (χ4v) is 7.84. The normalized spacial score (nSPS) is 26.2. The SMILES string of the molecule is COc1cc2cc(C(=O)N3C[C@H]4CC45c4ccccc4C(=O)CC35)[se]c2cc1OC. The number of ketones is 1. The summed E-state index contributed by atoms with van der Waals surface area (Å²) in [6.45, 7) is 0.752. The molecule has 1 aliphatic heterocycles. The zero-order valence-corrected chi connectivity index (χ0v) is 18.5. The second kappa shape index (κ2) is 6.22. The molecule has 1 saturated heterocycles. The van der Waals surface area contributed by atoms with Crippen molar-refractivity contribution in [1.29, 1.82) is 0 Å². The molecule has 2 unspecified atom stereocenters. The molecule has 2 heterocycles. The van der Waals surface area contributed by atoms with E-state index in [4.69, 9.17) is 9.47 Å². The monoisotopic (exact) mass is 467 g/mol. The van der Waals surface area contributed by atoms with E-state index in [0.29, 0.717) is 23.8 Å². The quantitative estimate of drug-likeness (QED) is 0.556. The number of piperidine rings is 1. The number of benzene rings is 2. The first-order valence-corrected chi connectivity index (χ1v) is 11.9.